The second kappa shape index (κ2) is 3.45. The Morgan fingerprint density at radius 3 is 2.47 bits per heavy atom. The third kappa shape index (κ3) is 1.13. The van der Waals surface area contributed by atoms with Crippen LogP contribution < -0.4 is 4.90 Å². The number of methoxy groups -OCH3 is 1. The van der Waals surface area contributed by atoms with Gasteiger partial charge in [0.15, 0.2) is 0 Å². The number of nitrogens with zero attached hydrogens (tertiary/aromatic N) is 1. The summed E-state index contributed by atoms with van der Waals surface area (Å²) in [6, 6.07) is 17.7. The van der Waals surface area contributed by atoms with Gasteiger partial charge in [-0.25, -0.2) is 0 Å². The van der Waals surface area contributed by atoms with E-state index in [2.05, 4.69) is 4.90 Å². The molecule has 0 N–H and O–H groups in total. The fourth-order valence-electron chi connectivity index (χ4n) is 3.21. The predicted octanol–water partition coefficient (Wildman–Crippen LogP) is 2.79. The molecule has 1 saturated heterocycles. The zero-order chi connectivity index (χ0) is 13.0. The summed E-state index contributed by atoms with van der Waals surface area (Å²) in [5.74, 6) is 0.0689. The number of ketones is 1. The normalized spacial score (nSPS) is 27.1. The van der Waals surface area contributed by atoms with E-state index in [-0.39, 0.29) is 11.8 Å². The SMILES string of the molecule is COC12C(=O)c3ccccc3N1C2c1ccccc1. The largest absolute Gasteiger partial charge is 0.350 e. The Balaban J connectivity index is 1.87. The minimum absolute atomic E-state index is 0.00102. The van der Waals surface area contributed by atoms with Crippen molar-refractivity contribution in [1.29, 1.82) is 0 Å². The van der Waals surface area contributed by atoms with E-state index in [0.29, 0.717) is 0 Å². The van der Waals surface area contributed by atoms with Crippen LogP contribution >= 0.6 is 0 Å². The lowest BCUT2D eigenvalue weighted by Crippen LogP contribution is -2.27. The van der Waals surface area contributed by atoms with Gasteiger partial charge in [-0.05, 0) is 17.7 Å². The molecule has 2 heterocycles. The third-order valence-electron chi connectivity index (χ3n) is 4.08. The molecule has 3 heteroatoms. The van der Waals surface area contributed by atoms with Crippen LogP contribution in [0.25, 0.3) is 0 Å². The Hall–Kier alpha value is -2.13. The van der Waals surface area contributed by atoms with Crippen LogP contribution in [-0.2, 0) is 4.74 Å². The Morgan fingerprint density at radius 2 is 1.74 bits per heavy atom. The van der Waals surface area contributed by atoms with Gasteiger partial charge in [-0.3, -0.25) is 4.79 Å². The van der Waals surface area contributed by atoms with Gasteiger partial charge in [-0.15, -0.1) is 0 Å². The van der Waals surface area contributed by atoms with Crippen molar-refractivity contribution in [3.63, 3.8) is 0 Å². The van der Waals surface area contributed by atoms with E-state index in [9.17, 15) is 4.79 Å². The number of hydrogen-bond donors (Lipinski definition) is 0. The lowest BCUT2D eigenvalue weighted by Gasteiger charge is -2.09. The van der Waals surface area contributed by atoms with Gasteiger partial charge in [0, 0.05) is 12.7 Å². The van der Waals surface area contributed by atoms with Crippen molar-refractivity contribution in [1.82, 2.24) is 0 Å². The molecule has 2 aromatic rings. The number of fused-ring (bicyclic) bond motifs is 3. The first-order valence-corrected chi connectivity index (χ1v) is 6.34. The highest BCUT2D eigenvalue weighted by molar-refractivity contribution is 6.18. The number of anilines is 1. The number of hydrogen-bond acceptors (Lipinski definition) is 3. The lowest BCUT2D eigenvalue weighted by atomic mass is 9.99. The maximum atomic E-state index is 12.6. The Kier molecular flexibility index (Phi) is 1.96. The first-order valence-electron chi connectivity index (χ1n) is 6.34. The molecular formula is C16H13NO2. The summed E-state index contributed by atoms with van der Waals surface area (Å²) < 4.78 is 5.61. The number of rotatable bonds is 2. The minimum Gasteiger partial charge on any atom is -0.350 e. The molecule has 19 heavy (non-hydrogen) atoms. The lowest BCUT2D eigenvalue weighted by molar-refractivity contribution is 0.0517. The van der Waals surface area contributed by atoms with E-state index in [0.717, 1.165) is 16.8 Å². The molecule has 94 valence electrons. The molecule has 2 aromatic carbocycles. The van der Waals surface area contributed by atoms with E-state index in [1.807, 2.05) is 54.6 Å². The Morgan fingerprint density at radius 1 is 1.05 bits per heavy atom. The average Bonchev–Trinajstić information content (AvgIpc) is 3.10. The molecule has 0 saturated carbocycles. The molecule has 0 amide bonds. The first kappa shape index (κ1) is 10.8. The van der Waals surface area contributed by atoms with E-state index in [1.54, 1.807) is 7.11 Å². The van der Waals surface area contributed by atoms with E-state index >= 15 is 0 Å². The number of Topliss-reactive ketones (excluding diaryl/α,β-unsaturated/α-hetero) is 1. The number of para-hydroxylation sites is 1. The topological polar surface area (TPSA) is 29.3 Å². The monoisotopic (exact) mass is 251 g/mol. The van der Waals surface area contributed by atoms with E-state index < -0.39 is 5.72 Å². The smallest absolute Gasteiger partial charge is 0.231 e. The van der Waals surface area contributed by atoms with Gasteiger partial charge in [-0.2, -0.15) is 0 Å². The molecule has 3 nitrogen and oxygen atoms in total. The molecule has 2 aliphatic heterocycles. The zero-order valence-corrected chi connectivity index (χ0v) is 10.5. The highest BCUT2D eigenvalue weighted by atomic mass is 16.5. The summed E-state index contributed by atoms with van der Waals surface area (Å²) in [7, 11) is 1.61. The molecule has 2 unspecified atom stereocenters. The van der Waals surface area contributed by atoms with Crippen LogP contribution in [0.2, 0.25) is 0 Å². The van der Waals surface area contributed by atoms with Gasteiger partial charge >= 0.3 is 0 Å². The van der Waals surface area contributed by atoms with Crippen molar-refractivity contribution >= 4 is 11.5 Å². The fourth-order valence-corrected chi connectivity index (χ4v) is 3.21. The standard InChI is InChI=1S/C16H13NO2/c1-19-16-14(11-7-3-2-4-8-11)17(16)13-10-6-5-9-12(13)15(16)18/h2-10,14H,1H3. The summed E-state index contributed by atoms with van der Waals surface area (Å²) in [4.78, 5) is 14.7. The maximum absolute atomic E-state index is 12.6. The third-order valence-corrected chi connectivity index (χ3v) is 4.08. The quantitative estimate of drug-likeness (QED) is 0.769. The second-order valence-corrected chi connectivity index (χ2v) is 4.93. The van der Waals surface area contributed by atoms with Crippen molar-refractivity contribution in [2.45, 2.75) is 11.8 Å². The molecule has 0 aliphatic carbocycles. The van der Waals surface area contributed by atoms with E-state index in [1.165, 1.54) is 0 Å². The van der Waals surface area contributed by atoms with Crippen molar-refractivity contribution < 1.29 is 9.53 Å². The minimum atomic E-state index is -0.814. The zero-order valence-electron chi connectivity index (χ0n) is 10.5. The van der Waals surface area contributed by atoms with Crippen LogP contribution in [0.4, 0.5) is 5.69 Å². The van der Waals surface area contributed by atoms with E-state index in [4.69, 9.17) is 4.74 Å². The van der Waals surface area contributed by atoms with Crippen molar-refractivity contribution in [2.24, 2.45) is 0 Å². The van der Waals surface area contributed by atoms with Crippen LogP contribution in [0.3, 0.4) is 0 Å². The highest BCUT2D eigenvalue weighted by Crippen LogP contribution is 2.63. The summed E-state index contributed by atoms with van der Waals surface area (Å²) in [6.07, 6.45) is 0. The molecule has 0 spiro atoms. The van der Waals surface area contributed by atoms with Crippen LogP contribution in [0.15, 0.2) is 54.6 Å². The molecule has 2 atom stereocenters. The number of ether oxygens (including phenoxy) is 1. The van der Waals surface area contributed by atoms with Gasteiger partial charge in [0.2, 0.25) is 11.5 Å². The summed E-state index contributed by atoms with van der Waals surface area (Å²) >= 11 is 0. The first-order chi connectivity index (χ1) is 9.30. The summed E-state index contributed by atoms with van der Waals surface area (Å²) in [5.41, 5.74) is 2.04. The van der Waals surface area contributed by atoms with Gasteiger partial charge < -0.3 is 9.64 Å². The van der Waals surface area contributed by atoms with Gasteiger partial charge in [0.25, 0.3) is 0 Å². The average molecular weight is 251 g/mol. The highest BCUT2D eigenvalue weighted by Gasteiger charge is 2.74. The van der Waals surface area contributed by atoms with Crippen LogP contribution in [0, 0.1) is 0 Å². The molecule has 2 aliphatic rings. The van der Waals surface area contributed by atoms with Crippen molar-refractivity contribution in [3.8, 4) is 0 Å². The Labute approximate surface area is 111 Å². The molecular weight excluding hydrogens is 238 g/mol. The van der Waals surface area contributed by atoms with Gasteiger partial charge in [0.05, 0.1) is 5.69 Å². The molecule has 4 rings (SSSR count). The van der Waals surface area contributed by atoms with Crippen molar-refractivity contribution in [2.75, 3.05) is 12.0 Å². The molecule has 0 aromatic heterocycles. The molecule has 1 fully saturated rings. The van der Waals surface area contributed by atoms with Crippen molar-refractivity contribution in [3.05, 3.63) is 65.7 Å². The summed E-state index contributed by atoms with van der Waals surface area (Å²) in [6.45, 7) is 0. The number of benzene rings is 2. The second-order valence-electron chi connectivity index (χ2n) is 4.93. The number of carbonyl (C=O) groups excluding carboxylic acids is 1. The van der Waals surface area contributed by atoms with Crippen LogP contribution in [0.5, 0.6) is 0 Å². The fraction of sp³-hybridized carbons (Fsp3) is 0.188. The summed E-state index contributed by atoms with van der Waals surface area (Å²) in [5, 5.41) is 0. The van der Waals surface area contributed by atoms with Gasteiger partial charge in [0.1, 0.15) is 6.04 Å². The molecule has 0 radical (unpaired) electrons. The maximum Gasteiger partial charge on any atom is 0.231 e. The predicted molar refractivity (Wildman–Crippen MR) is 72.2 cm³/mol. The molecule has 0 bridgehead atoms. The Bertz CT molecular complexity index is 661. The van der Waals surface area contributed by atoms with Gasteiger partial charge in [-0.1, -0.05) is 42.5 Å². The van der Waals surface area contributed by atoms with Crippen LogP contribution in [0.1, 0.15) is 22.0 Å². The number of carbonyl (C=O) groups is 1. The van der Waals surface area contributed by atoms with Crippen LogP contribution in [-0.4, -0.2) is 18.6 Å².